The first-order valence-electron chi connectivity index (χ1n) is 6.27. The Hall–Kier alpha value is -0.300. The van der Waals surface area contributed by atoms with E-state index in [1.54, 1.807) is 0 Å². The summed E-state index contributed by atoms with van der Waals surface area (Å²) in [5.74, 6) is 1.37. The van der Waals surface area contributed by atoms with Gasteiger partial charge in [-0.1, -0.05) is 67.9 Å². The molecule has 1 heteroatoms. The van der Waals surface area contributed by atoms with Gasteiger partial charge in [0, 0.05) is 4.83 Å². The molecule has 0 aliphatic carbocycles. The smallest absolute Gasteiger partial charge is 0.0209 e. The first-order chi connectivity index (χ1) is 7.54. The zero-order chi connectivity index (χ0) is 12.1. The molecule has 0 nitrogen and oxygen atoms in total. The zero-order valence-electron chi connectivity index (χ0n) is 10.8. The minimum atomic E-state index is 0.585. The van der Waals surface area contributed by atoms with Crippen LogP contribution in [0.3, 0.4) is 0 Å². The zero-order valence-corrected chi connectivity index (χ0v) is 12.4. The lowest BCUT2D eigenvalue weighted by atomic mass is 9.96. The number of hydrogen-bond acceptors (Lipinski definition) is 0. The highest BCUT2D eigenvalue weighted by molar-refractivity contribution is 9.09. The summed E-state index contributed by atoms with van der Waals surface area (Å²) in [5, 5.41) is 0. The molecule has 0 spiro atoms. The molecule has 0 radical (unpaired) electrons. The molecular weight excluding hydrogens is 260 g/mol. The van der Waals surface area contributed by atoms with Gasteiger partial charge in [0.05, 0.1) is 0 Å². The molecule has 0 saturated carbocycles. The lowest BCUT2D eigenvalue weighted by Gasteiger charge is -2.14. The van der Waals surface area contributed by atoms with Crippen LogP contribution in [0.1, 0.15) is 51.2 Å². The summed E-state index contributed by atoms with van der Waals surface area (Å²) in [5.41, 5.74) is 2.89. The lowest BCUT2D eigenvalue weighted by molar-refractivity contribution is 0.613. The highest BCUT2D eigenvalue weighted by Gasteiger charge is 2.10. The first kappa shape index (κ1) is 13.8. The van der Waals surface area contributed by atoms with E-state index in [9.17, 15) is 0 Å². The summed E-state index contributed by atoms with van der Waals surface area (Å²) in [6.45, 7) is 9.04. The van der Waals surface area contributed by atoms with Gasteiger partial charge < -0.3 is 0 Å². The van der Waals surface area contributed by atoms with Crippen LogP contribution in [0.15, 0.2) is 24.3 Å². The Kier molecular flexibility index (Phi) is 5.54. The SMILES string of the molecule is CCC(C)c1ccc(CC(Br)C(C)C)cc1. The van der Waals surface area contributed by atoms with E-state index in [1.165, 1.54) is 17.5 Å². The summed E-state index contributed by atoms with van der Waals surface area (Å²) in [6.07, 6.45) is 2.34. The summed E-state index contributed by atoms with van der Waals surface area (Å²) < 4.78 is 0. The molecule has 16 heavy (non-hydrogen) atoms. The quantitative estimate of drug-likeness (QED) is 0.654. The van der Waals surface area contributed by atoms with E-state index in [2.05, 4.69) is 67.9 Å². The molecule has 0 bridgehead atoms. The van der Waals surface area contributed by atoms with Gasteiger partial charge in [-0.3, -0.25) is 0 Å². The van der Waals surface area contributed by atoms with E-state index in [1.807, 2.05) is 0 Å². The second-order valence-electron chi connectivity index (χ2n) is 5.02. The maximum absolute atomic E-state index is 3.74. The van der Waals surface area contributed by atoms with Crippen molar-refractivity contribution in [2.75, 3.05) is 0 Å². The fourth-order valence-corrected chi connectivity index (χ4v) is 2.05. The monoisotopic (exact) mass is 282 g/mol. The molecule has 0 fully saturated rings. The Morgan fingerprint density at radius 2 is 1.62 bits per heavy atom. The predicted molar refractivity (Wildman–Crippen MR) is 76.4 cm³/mol. The van der Waals surface area contributed by atoms with Crippen LogP contribution in [0.4, 0.5) is 0 Å². The lowest BCUT2D eigenvalue weighted by Crippen LogP contribution is -2.10. The number of alkyl halides is 1. The third-order valence-corrected chi connectivity index (χ3v) is 4.70. The summed E-state index contributed by atoms with van der Waals surface area (Å²) in [6, 6.07) is 9.11. The number of hydrogen-bond donors (Lipinski definition) is 0. The Bertz CT molecular complexity index is 300. The molecule has 0 N–H and O–H groups in total. The molecule has 2 atom stereocenters. The van der Waals surface area contributed by atoms with E-state index >= 15 is 0 Å². The van der Waals surface area contributed by atoms with Crippen molar-refractivity contribution in [2.24, 2.45) is 5.92 Å². The van der Waals surface area contributed by atoms with E-state index in [-0.39, 0.29) is 0 Å². The van der Waals surface area contributed by atoms with Crippen molar-refractivity contribution in [2.45, 2.75) is 51.3 Å². The van der Waals surface area contributed by atoms with Crippen LogP contribution in [0.2, 0.25) is 0 Å². The second-order valence-corrected chi connectivity index (χ2v) is 6.19. The topological polar surface area (TPSA) is 0 Å². The van der Waals surface area contributed by atoms with Gasteiger partial charge in [0.25, 0.3) is 0 Å². The molecule has 0 aromatic heterocycles. The molecular formula is C15H23Br. The van der Waals surface area contributed by atoms with Crippen molar-refractivity contribution in [3.8, 4) is 0 Å². The molecule has 0 heterocycles. The van der Waals surface area contributed by atoms with Crippen LogP contribution in [0.5, 0.6) is 0 Å². The van der Waals surface area contributed by atoms with Crippen molar-refractivity contribution < 1.29 is 0 Å². The van der Waals surface area contributed by atoms with Gasteiger partial charge in [-0.15, -0.1) is 0 Å². The summed E-state index contributed by atoms with van der Waals surface area (Å²) in [7, 11) is 0. The molecule has 0 amide bonds. The predicted octanol–water partition coefficient (Wildman–Crippen LogP) is 5.16. The van der Waals surface area contributed by atoms with Crippen LogP contribution >= 0.6 is 15.9 Å². The Labute approximate surface area is 109 Å². The average molecular weight is 283 g/mol. The number of rotatable bonds is 5. The molecule has 1 rings (SSSR count). The molecule has 90 valence electrons. The van der Waals surface area contributed by atoms with E-state index in [0.29, 0.717) is 16.7 Å². The maximum atomic E-state index is 3.74. The fraction of sp³-hybridized carbons (Fsp3) is 0.600. The molecule has 0 saturated heterocycles. The minimum absolute atomic E-state index is 0.585. The Morgan fingerprint density at radius 3 is 2.06 bits per heavy atom. The molecule has 0 aliphatic rings. The summed E-state index contributed by atoms with van der Waals surface area (Å²) in [4.78, 5) is 0.585. The normalized spacial score (nSPS) is 15.1. The fourth-order valence-electron chi connectivity index (χ4n) is 1.68. The van der Waals surface area contributed by atoms with Gasteiger partial charge in [0.2, 0.25) is 0 Å². The van der Waals surface area contributed by atoms with Gasteiger partial charge in [-0.05, 0) is 35.8 Å². The van der Waals surface area contributed by atoms with Crippen molar-refractivity contribution in [1.29, 1.82) is 0 Å². The number of halogens is 1. The minimum Gasteiger partial charge on any atom is -0.0884 e. The largest absolute Gasteiger partial charge is 0.0884 e. The number of benzene rings is 1. The Balaban J connectivity index is 2.64. The van der Waals surface area contributed by atoms with E-state index in [4.69, 9.17) is 0 Å². The molecule has 1 aromatic carbocycles. The van der Waals surface area contributed by atoms with Gasteiger partial charge in [0.1, 0.15) is 0 Å². The van der Waals surface area contributed by atoms with Crippen LogP contribution in [-0.4, -0.2) is 4.83 Å². The van der Waals surface area contributed by atoms with Crippen molar-refractivity contribution in [1.82, 2.24) is 0 Å². The Morgan fingerprint density at radius 1 is 1.06 bits per heavy atom. The van der Waals surface area contributed by atoms with Crippen LogP contribution < -0.4 is 0 Å². The van der Waals surface area contributed by atoms with Gasteiger partial charge in [0.15, 0.2) is 0 Å². The molecule has 2 unspecified atom stereocenters. The maximum Gasteiger partial charge on any atom is 0.0209 e. The van der Waals surface area contributed by atoms with Gasteiger partial charge in [-0.2, -0.15) is 0 Å². The molecule has 1 aromatic rings. The third-order valence-electron chi connectivity index (χ3n) is 3.32. The van der Waals surface area contributed by atoms with Gasteiger partial charge in [-0.25, -0.2) is 0 Å². The van der Waals surface area contributed by atoms with E-state index in [0.717, 1.165) is 6.42 Å². The van der Waals surface area contributed by atoms with Crippen molar-refractivity contribution in [3.05, 3.63) is 35.4 Å². The van der Waals surface area contributed by atoms with Crippen molar-refractivity contribution in [3.63, 3.8) is 0 Å². The molecule has 0 aliphatic heterocycles. The average Bonchev–Trinajstić information content (AvgIpc) is 2.28. The third kappa shape index (κ3) is 3.93. The first-order valence-corrected chi connectivity index (χ1v) is 7.19. The van der Waals surface area contributed by atoms with E-state index < -0.39 is 0 Å². The van der Waals surface area contributed by atoms with Crippen molar-refractivity contribution >= 4 is 15.9 Å². The highest BCUT2D eigenvalue weighted by atomic mass is 79.9. The standard InChI is InChI=1S/C15H23Br/c1-5-12(4)14-8-6-13(7-9-14)10-15(16)11(2)3/h6-9,11-12,15H,5,10H2,1-4H3. The van der Waals surface area contributed by atoms with Crippen LogP contribution in [-0.2, 0) is 6.42 Å². The van der Waals surface area contributed by atoms with Gasteiger partial charge >= 0.3 is 0 Å². The van der Waals surface area contributed by atoms with Crippen LogP contribution in [0.25, 0.3) is 0 Å². The summed E-state index contributed by atoms with van der Waals surface area (Å²) >= 11 is 3.74. The van der Waals surface area contributed by atoms with Crippen LogP contribution in [0, 0.1) is 5.92 Å². The highest BCUT2D eigenvalue weighted by Crippen LogP contribution is 2.21. The second kappa shape index (κ2) is 6.44.